The highest BCUT2D eigenvalue weighted by Crippen LogP contribution is 2.24. The van der Waals surface area contributed by atoms with Crippen molar-refractivity contribution in [3.63, 3.8) is 0 Å². The third-order valence-corrected chi connectivity index (χ3v) is 4.24. The van der Waals surface area contributed by atoms with Crippen LogP contribution in [-0.2, 0) is 10.0 Å². The molecule has 0 unspecified atom stereocenters. The number of halogens is 1. The van der Waals surface area contributed by atoms with Crippen molar-refractivity contribution in [1.82, 2.24) is 5.16 Å². The quantitative estimate of drug-likeness (QED) is 0.864. The fourth-order valence-electron chi connectivity index (χ4n) is 1.47. The lowest BCUT2D eigenvalue weighted by Gasteiger charge is -2.06. The van der Waals surface area contributed by atoms with Crippen molar-refractivity contribution in [3.8, 4) is 0 Å². The summed E-state index contributed by atoms with van der Waals surface area (Å²) in [4.78, 5) is 11.8. The first-order chi connectivity index (χ1) is 9.27. The standard InChI is InChI=1S/C11H10BrN3O4S/c1-6-4-9(19-15-6)11(16)14-7-2-3-10(8(12)5-7)20(13,17)18/h2-5H,1H3,(H,14,16)(H2,13,17,18). The number of benzene rings is 1. The average molecular weight is 360 g/mol. The van der Waals surface area contributed by atoms with Crippen LogP contribution in [0.15, 0.2) is 38.2 Å². The van der Waals surface area contributed by atoms with Crippen molar-refractivity contribution in [2.24, 2.45) is 5.14 Å². The molecule has 7 nitrogen and oxygen atoms in total. The van der Waals surface area contributed by atoms with E-state index in [-0.39, 0.29) is 15.1 Å². The van der Waals surface area contributed by atoms with Crippen LogP contribution in [0.1, 0.15) is 16.2 Å². The summed E-state index contributed by atoms with van der Waals surface area (Å²) in [6.07, 6.45) is 0. The minimum absolute atomic E-state index is 0.0639. The van der Waals surface area contributed by atoms with Gasteiger partial charge in [0.2, 0.25) is 15.8 Å². The fourth-order valence-corrected chi connectivity index (χ4v) is 3.12. The summed E-state index contributed by atoms with van der Waals surface area (Å²) in [7, 11) is -3.82. The summed E-state index contributed by atoms with van der Waals surface area (Å²) < 4.78 is 27.6. The largest absolute Gasteiger partial charge is 0.351 e. The predicted octanol–water partition coefficient (Wildman–Crippen LogP) is 1.65. The number of nitrogens with two attached hydrogens (primary N) is 1. The summed E-state index contributed by atoms with van der Waals surface area (Å²) in [6.45, 7) is 1.69. The maximum Gasteiger partial charge on any atom is 0.294 e. The average Bonchev–Trinajstić information content (AvgIpc) is 2.74. The molecule has 106 valence electrons. The second-order valence-electron chi connectivity index (χ2n) is 3.98. The number of nitrogens with zero attached hydrogens (tertiary/aromatic N) is 1. The Morgan fingerprint density at radius 1 is 1.40 bits per heavy atom. The molecule has 0 saturated carbocycles. The molecule has 1 aromatic heterocycles. The zero-order chi connectivity index (χ0) is 14.9. The highest BCUT2D eigenvalue weighted by Gasteiger charge is 2.15. The number of rotatable bonds is 3. The molecule has 0 aliphatic carbocycles. The van der Waals surface area contributed by atoms with Gasteiger partial charge in [-0.2, -0.15) is 0 Å². The number of sulfonamides is 1. The molecule has 1 aromatic carbocycles. The van der Waals surface area contributed by atoms with Crippen molar-refractivity contribution in [1.29, 1.82) is 0 Å². The van der Waals surface area contributed by atoms with Crippen molar-refractivity contribution in [2.45, 2.75) is 11.8 Å². The second kappa shape index (κ2) is 5.35. The third kappa shape index (κ3) is 3.24. The zero-order valence-electron chi connectivity index (χ0n) is 10.3. The zero-order valence-corrected chi connectivity index (χ0v) is 12.7. The molecule has 0 atom stereocenters. The number of carbonyl (C=O) groups excluding carboxylic acids is 1. The molecule has 9 heteroatoms. The van der Waals surface area contributed by atoms with Gasteiger partial charge in [0.15, 0.2) is 0 Å². The van der Waals surface area contributed by atoms with Gasteiger partial charge in [-0.05, 0) is 41.1 Å². The molecule has 0 aliphatic rings. The SMILES string of the molecule is Cc1cc(C(=O)Nc2ccc(S(N)(=O)=O)c(Br)c2)on1. The molecule has 0 bridgehead atoms. The van der Waals surface area contributed by atoms with Gasteiger partial charge in [0, 0.05) is 16.2 Å². The number of hydrogen-bond acceptors (Lipinski definition) is 5. The van der Waals surface area contributed by atoms with Gasteiger partial charge in [-0.25, -0.2) is 13.6 Å². The Kier molecular flexibility index (Phi) is 3.93. The summed E-state index contributed by atoms with van der Waals surface area (Å²) in [5, 5.41) is 11.2. The van der Waals surface area contributed by atoms with Crippen LogP contribution < -0.4 is 10.5 Å². The number of aromatic nitrogens is 1. The highest BCUT2D eigenvalue weighted by atomic mass is 79.9. The number of nitrogens with one attached hydrogen (secondary N) is 1. The Balaban J connectivity index is 2.23. The molecule has 3 N–H and O–H groups in total. The normalized spacial score (nSPS) is 11.3. The minimum atomic E-state index is -3.82. The van der Waals surface area contributed by atoms with E-state index in [9.17, 15) is 13.2 Å². The molecule has 2 rings (SSSR count). The molecule has 20 heavy (non-hydrogen) atoms. The second-order valence-corrected chi connectivity index (χ2v) is 6.36. The topological polar surface area (TPSA) is 115 Å². The fraction of sp³-hybridized carbons (Fsp3) is 0.0909. The lowest BCUT2D eigenvalue weighted by molar-refractivity contribution is 0.0988. The Morgan fingerprint density at radius 2 is 2.10 bits per heavy atom. The maximum atomic E-state index is 11.8. The van der Waals surface area contributed by atoms with Gasteiger partial charge >= 0.3 is 0 Å². The number of anilines is 1. The van der Waals surface area contributed by atoms with Crippen LogP contribution >= 0.6 is 15.9 Å². The van der Waals surface area contributed by atoms with E-state index < -0.39 is 15.9 Å². The maximum absolute atomic E-state index is 11.8. The Labute approximate surface area is 123 Å². The predicted molar refractivity (Wildman–Crippen MR) is 74.7 cm³/mol. The monoisotopic (exact) mass is 359 g/mol. The molecule has 0 radical (unpaired) electrons. The number of aryl methyl sites for hydroxylation is 1. The Morgan fingerprint density at radius 3 is 2.60 bits per heavy atom. The first-order valence-corrected chi connectivity index (χ1v) is 7.68. The van der Waals surface area contributed by atoms with Crippen LogP contribution in [0.3, 0.4) is 0 Å². The molecule has 1 amide bonds. The van der Waals surface area contributed by atoms with Crippen LogP contribution in [0.2, 0.25) is 0 Å². The van der Waals surface area contributed by atoms with Gasteiger partial charge in [0.1, 0.15) is 0 Å². The van der Waals surface area contributed by atoms with Gasteiger partial charge in [-0.1, -0.05) is 5.16 Å². The number of primary sulfonamides is 1. The van der Waals surface area contributed by atoms with E-state index in [1.165, 1.54) is 24.3 Å². The van der Waals surface area contributed by atoms with Gasteiger partial charge in [0.25, 0.3) is 5.91 Å². The molecule has 1 heterocycles. The molecular formula is C11H10BrN3O4S. The van der Waals surface area contributed by atoms with Crippen LogP contribution in [0, 0.1) is 6.92 Å². The summed E-state index contributed by atoms with van der Waals surface area (Å²) >= 11 is 3.09. The van der Waals surface area contributed by atoms with Gasteiger partial charge in [-0.3, -0.25) is 4.79 Å². The van der Waals surface area contributed by atoms with Crippen LogP contribution in [-0.4, -0.2) is 19.5 Å². The van der Waals surface area contributed by atoms with E-state index in [0.29, 0.717) is 11.4 Å². The van der Waals surface area contributed by atoms with E-state index in [4.69, 9.17) is 9.66 Å². The summed E-state index contributed by atoms with van der Waals surface area (Å²) in [5.74, 6) is -0.421. The molecule has 0 fully saturated rings. The van der Waals surface area contributed by atoms with E-state index in [1.54, 1.807) is 6.92 Å². The van der Waals surface area contributed by atoms with E-state index in [2.05, 4.69) is 26.4 Å². The highest BCUT2D eigenvalue weighted by molar-refractivity contribution is 9.10. The lowest BCUT2D eigenvalue weighted by Crippen LogP contribution is -2.14. The first-order valence-electron chi connectivity index (χ1n) is 5.34. The number of hydrogen-bond donors (Lipinski definition) is 2. The van der Waals surface area contributed by atoms with Crippen LogP contribution in [0.5, 0.6) is 0 Å². The summed E-state index contributed by atoms with van der Waals surface area (Å²) in [5.41, 5.74) is 0.976. The summed E-state index contributed by atoms with van der Waals surface area (Å²) in [6, 6.07) is 5.64. The van der Waals surface area contributed by atoms with Crippen molar-refractivity contribution < 1.29 is 17.7 Å². The number of amides is 1. The van der Waals surface area contributed by atoms with Crippen LogP contribution in [0.25, 0.3) is 0 Å². The van der Waals surface area contributed by atoms with Crippen LogP contribution in [0.4, 0.5) is 5.69 Å². The van der Waals surface area contributed by atoms with E-state index in [1.807, 2.05) is 0 Å². The molecule has 0 aliphatic heterocycles. The smallest absolute Gasteiger partial charge is 0.294 e. The van der Waals surface area contributed by atoms with Crippen molar-refractivity contribution in [3.05, 3.63) is 40.2 Å². The first kappa shape index (κ1) is 14.7. The van der Waals surface area contributed by atoms with Crippen molar-refractivity contribution >= 4 is 37.5 Å². The lowest BCUT2D eigenvalue weighted by atomic mass is 10.3. The minimum Gasteiger partial charge on any atom is -0.351 e. The molecule has 2 aromatic rings. The Hall–Kier alpha value is -1.71. The van der Waals surface area contributed by atoms with E-state index in [0.717, 1.165) is 0 Å². The van der Waals surface area contributed by atoms with Gasteiger partial charge < -0.3 is 9.84 Å². The third-order valence-electron chi connectivity index (χ3n) is 2.35. The van der Waals surface area contributed by atoms with Gasteiger partial charge in [-0.15, -0.1) is 0 Å². The number of carbonyl (C=O) groups is 1. The molecular weight excluding hydrogens is 350 g/mol. The molecule has 0 spiro atoms. The Bertz CT molecular complexity index is 770. The van der Waals surface area contributed by atoms with E-state index >= 15 is 0 Å². The van der Waals surface area contributed by atoms with Gasteiger partial charge in [0.05, 0.1) is 10.6 Å². The van der Waals surface area contributed by atoms with Crippen molar-refractivity contribution in [2.75, 3.05) is 5.32 Å². The molecule has 0 saturated heterocycles.